The van der Waals surface area contributed by atoms with Gasteiger partial charge in [0, 0.05) is 13.1 Å². The monoisotopic (exact) mass is 370 g/mol. The van der Waals surface area contributed by atoms with Gasteiger partial charge in [-0.1, -0.05) is 26.0 Å². The number of nitro groups is 1. The predicted octanol–water partition coefficient (Wildman–Crippen LogP) is 3.17. The van der Waals surface area contributed by atoms with Crippen LogP contribution >= 0.6 is 0 Å². The fraction of sp³-hybridized carbons (Fsp3) is 0.333. The van der Waals surface area contributed by atoms with E-state index in [0.717, 1.165) is 37.2 Å². The number of para-hydroxylation sites is 2. The van der Waals surface area contributed by atoms with Gasteiger partial charge in [0.05, 0.1) is 23.3 Å². The van der Waals surface area contributed by atoms with Crippen LogP contribution in [0.3, 0.4) is 0 Å². The van der Waals surface area contributed by atoms with E-state index < -0.39 is 4.92 Å². The molecule has 0 radical (unpaired) electrons. The van der Waals surface area contributed by atoms with Crippen LogP contribution in [0.1, 0.15) is 19.6 Å². The van der Waals surface area contributed by atoms with Crippen molar-refractivity contribution >= 4 is 29.1 Å². The Morgan fingerprint density at radius 3 is 2.78 bits per heavy atom. The van der Waals surface area contributed by atoms with Crippen molar-refractivity contribution in [2.45, 2.75) is 13.8 Å². The molecule has 0 aliphatic heterocycles. The first-order valence-electron chi connectivity index (χ1n) is 8.84. The van der Waals surface area contributed by atoms with Crippen molar-refractivity contribution in [3.63, 3.8) is 0 Å². The van der Waals surface area contributed by atoms with E-state index >= 15 is 0 Å². The maximum Gasteiger partial charge on any atom is 0.433 e. The van der Waals surface area contributed by atoms with Crippen LogP contribution in [0.5, 0.6) is 0 Å². The summed E-state index contributed by atoms with van der Waals surface area (Å²) in [4.78, 5) is 17.1. The summed E-state index contributed by atoms with van der Waals surface area (Å²) in [5, 5.41) is 18.5. The number of likely N-dealkylation sites (N-methyl/N-ethyl adjacent to an activating group) is 1. The van der Waals surface area contributed by atoms with E-state index in [9.17, 15) is 10.1 Å². The Kier molecular flexibility index (Phi) is 5.82. The number of benzene rings is 1. The lowest BCUT2D eigenvalue weighted by molar-refractivity contribution is -0.402. The van der Waals surface area contributed by atoms with Gasteiger partial charge >= 0.3 is 5.88 Å². The molecule has 0 amide bonds. The molecular formula is C18H22N6O3. The highest BCUT2D eigenvalue weighted by atomic mass is 16.6. The Morgan fingerprint density at radius 1 is 1.30 bits per heavy atom. The highest BCUT2D eigenvalue weighted by Crippen LogP contribution is 2.20. The third-order valence-electron chi connectivity index (χ3n) is 4.24. The number of hydrogen-bond acceptors (Lipinski definition) is 7. The zero-order valence-corrected chi connectivity index (χ0v) is 15.3. The van der Waals surface area contributed by atoms with Gasteiger partial charge < -0.3 is 14.6 Å². The molecule has 2 aromatic heterocycles. The van der Waals surface area contributed by atoms with E-state index in [1.54, 1.807) is 4.68 Å². The molecule has 1 aromatic carbocycles. The summed E-state index contributed by atoms with van der Waals surface area (Å²) in [6.07, 6.45) is 1.44. The quantitative estimate of drug-likeness (QED) is 0.353. The van der Waals surface area contributed by atoms with Crippen molar-refractivity contribution in [2.24, 2.45) is 5.10 Å². The maximum absolute atomic E-state index is 10.7. The van der Waals surface area contributed by atoms with E-state index in [4.69, 9.17) is 4.42 Å². The minimum atomic E-state index is -0.579. The third kappa shape index (κ3) is 4.32. The molecule has 2 heterocycles. The largest absolute Gasteiger partial charge is 0.433 e. The standard InChI is InChI=1S/C18H22N6O3/c1-3-22(4-2)12-11-19-18-21-15-7-5-6-8-16(15)23(18)20-13-14-9-10-17(27-14)24(25)26/h5-10,13H,3-4,11-12H2,1-2H3,(H,19,21)/b20-13+. The van der Waals surface area contributed by atoms with Crippen molar-refractivity contribution < 1.29 is 9.34 Å². The molecule has 1 N–H and O–H groups in total. The molecule has 9 nitrogen and oxygen atoms in total. The van der Waals surface area contributed by atoms with Gasteiger partial charge in [-0.15, -0.1) is 0 Å². The number of anilines is 1. The number of rotatable bonds is 9. The number of fused-ring (bicyclic) bond motifs is 1. The summed E-state index contributed by atoms with van der Waals surface area (Å²) in [6.45, 7) is 7.86. The fourth-order valence-corrected chi connectivity index (χ4v) is 2.73. The highest BCUT2D eigenvalue weighted by molar-refractivity contribution is 5.81. The first-order valence-corrected chi connectivity index (χ1v) is 8.84. The Hall–Kier alpha value is -3.20. The molecule has 3 rings (SSSR count). The topological polar surface area (TPSA) is 102 Å². The van der Waals surface area contributed by atoms with Crippen LogP contribution in [0.25, 0.3) is 11.0 Å². The van der Waals surface area contributed by atoms with Crippen molar-refractivity contribution in [1.29, 1.82) is 0 Å². The van der Waals surface area contributed by atoms with Gasteiger partial charge in [0.1, 0.15) is 4.92 Å². The van der Waals surface area contributed by atoms with E-state index in [1.165, 1.54) is 18.3 Å². The maximum atomic E-state index is 10.7. The molecule has 0 aliphatic carbocycles. The van der Waals surface area contributed by atoms with Crippen LogP contribution in [0, 0.1) is 10.1 Å². The van der Waals surface area contributed by atoms with Gasteiger partial charge in [-0.3, -0.25) is 10.1 Å². The second-order valence-corrected chi connectivity index (χ2v) is 5.87. The van der Waals surface area contributed by atoms with Crippen LogP contribution in [0.15, 0.2) is 45.9 Å². The molecule has 3 aromatic rings. The second-order valence-electron chi connectivity index (χ2n) is 5.87. The predicted molar refractivity (Wildman–Crippen MR) is 104 cm³/mol. The molecular weight excluding hydrogens is 348 g/mol. The summed E-state index contributed by atoms with van der Waals surface area (Å²) in [5.74, 6) is 0.596. The van der Waals surface area contributed by atoms with Gasteiger partial charge in [0.25, 0.3) is 0 Å². The molecule has 0 fully saturated rings. The lowest BCUT2D eigenvalue weighted by Crippen LogP contribution is -2.29. The van der Waals surface area contributed by atoms with Crippen molar-refractivity contribution in [1.82, 2.24) is 14.6 Å². The number of aromatic nitrogens is 2. The Labute approximate surface area is 156 Å². The van der Waals surface area contributed by atoms with Crippen LogP contribution < -0.4 is 5.32 Å². The molecule has 0 aliphatic rings. The molecule has 0 bridgehead atoms. The SMILES string of the molecule is CCN(CC)CCNc1nc2ccccc2n1/N=C/c1ccc([N+](=O)[O-])o1. The summed E-state index contributed by atoms with van der Waals surface area (Å²) >= 11 is 0. The number of nitrogens with zero attached hydrogens (tertiary/aromatic N) is 5. The number of hydrogen-bond donors (Lipinski definition) is 1. The van der Waals surface area contributed by atoms with Gasteiger partial charge in [-0.2, -0.15) is 9.78 Å². The van der Waals surface area contributed by atoms with Gasteiger partial charge in [-0.05, 0) is 31.3 Å². The molecule has 0 saturated carbocycles. The summed E-state index contributed by atoms with van der Waals surface area (Å²) in [6, 6.07) is 10.5. The average Bonchev–Trinajstić information content (AvgIpc) is 3.28. The number of furan rings is 1. The molecule has 9 heteroatoms. The fourth-order valence-electron chi connectivity index (χ4n) is 2.73. The lowest BCUT2D eigenvalue weighted by atomic mass is 10.3. The molecule has 0 spiro atoms. The summed E-state index contributed by atoms with van der Waals surface area (Å²) in [5.41, 5.74) is 1.64. The molecule has 27 heavy (non-hydrogen) atoms. The normalized spacial score (nSPS) is 11.7. The molecule has 0 atom stereocenters. The third-order valence-corrected chi connectivity index (χ3v) is 4.24. The lowest BCUT2D eigenvalue weighted by Gasteiger charge is -2.18. The first-order chi connectivity index (χ1) is 13.1. The molecule has 0 unspecified atom stereocenters. The van der Waals surface area contributed by atoms with Gasteiger partial charge in [0.2, 0.25) is 5.95 Å². The Bertz CT molecular complexity index is 942. The minimum Gasteiger partial charge on any atom is -0.400 e. The zero-order valence-electron chi connectivity index (χ0n) is 15.3. The second kappa shape index (κ2) is 8.45. The smallest absolute Gasteiger partial charge is 0.400 e. The van der Waals surface area contributed by atoms with Gasteiger partial charge in [0.15, 0.2) is 5.76 Å². The average molecular weight is 370 g/mol. The number of nitrogens with one attached hydrogen (secondary N) is 1. The van der Waals surface area contributed by atoms with Crippen molar-refractivity contribution in [3.8, 4) is 0 Å². The molecule has 0 saturated heterocycles. The van der Waals surface area contributed by atoms with Crippen LogP contribution in [0.2, 0.25) is 0 Å². The van der Waals surface area contributed by atoms with Gasteiger partial charge in [-0.25, -0.2) is 4.98 Å². The Morgan fingerprint density at radius 2 is 2.07 bits per heavy atom. The van der Waals surface area contributed by atoms with Crippen LogP contribution in [0.4, 0.5) is 11.8 Å². The van der Waals surface area contributed by atoms with Crippen LogP contribution in [-0.2, 0) is 0 Å². The van der Waals surface area contributed by atoms with Crippen molar-refractivity contribution in [3.05, 3.63) is 52.3 Å². The highest BCUT2D eigenvalue weighted by Gasteiger charge is 2.12. The molecule has 142 valence electrons. The van der Waals surface area contributed by atoms with E-state index in [1.807, 2.05) is 24.3 Å². The first kappa shape index (κ1) is 18.6. The minimum absolute atomic E-state index is 0.300. The summed E-state index contributed by atoms with van der Waals surface area (Å²) in [7, 11) is 0. The Balaban J connectivity index is 1.83. The van der Waals surface area contributed by atoms with E-state index in [2.05, 4.69) is 34.1 Å². The number of imidazole rings is 1. The summed E-state index contributed by atoms with van der Waals surface area (Å²) < 4.78 is 6.80. The van der Waals surface area contributed by atoms with Crippen LogP contribution in [-0.4, -0.2) is 51.9 Å². The van der Waals surface area contributed by atoms with E-state index in [0.29, 0.717) is 11.7 Å². The van der Waals surface area contributed by atoms with E-state index in [-0.39, 0.29) is 5.88 Å². The van der Waals surface area contributed by atoms with Crippen molar-refractivity contribution in [2.75, 3.05) is 31.5 Å². The zero-order chi connectivity index (χ0) is 19.2.